The van der Waals surface area contributed by atoms with Crippen LogP contribution in [-0.2, 0) is 0 Å². The average Bonchev–Trinajstić information content (AvgIpc) is 2.45. The van der Waals surface area contributed by atoms with E-state index in [9.17, 15) is 5.26 Å². The van der Waals surface area contributed by atoms with Gasteiger partial charge in [0.15, 0.2) is 0 Å². The standard InChI is InChI=1S/C12H10Cl2N6/c1-16-11-18-10(14)19-12(20-11)17-9(6-15)7-4-2-3-5-8(7)13/h2-5,9H,1H3,(H2,16,17,18,19,20). The highest BCUT2D eigenvalue weighted by atomic mass is 35.5. The van der Waals surface area contributed by atoms with Gasteiger partial charge >= 0.3 is 0 Å². The fourth-order valence-electron chi connectivity index (χ4n) is 1.54. The van der Waals surface area contributed by atoms with Crippen LogP contribution in [0.3, 0.4) is 0 Å². The van der Waals surface area contributed by atoms with E-state index >= 15 is 0 Å². The van der Waals surface area contributed by atoms with Crippen molar-refractivity contribution in [1.82, 2.24) is 15.0 Å². The summed E-state index contributed by atoms with van der Waals surface area (Å²) in [4.78, 5) is 11.9. The number of anilines is 2. The maximum Gasteiger partial charge on any atom is 0.230 e. The van der Waals surface area contributed by atoms with Crippen LogP contribution in [0.15, 0.2) is 24.3 Å². The highest BCUT2D eigenvalue weighted by Gasteiger charge is 2.15. The Morgan fingerprint density at radius 3 is 2.50 bits per heavy atom. The summed E-state index contributed by atoms with van der Waals surface area (Å²) < 4.78 is 0. The van der Waals surface area contributed by atoms with Gasteiger partial charge in [0.2, 0.25) is 17.2 Å². The molecule has 1 aromatic carbocycles. The van der Waals surface area contributed by atoms with Gasteiger partial charge in [-0.3, -0.25) is 0 Å². The first kappa shape index (κ1) is 14.3. The molecule has 0 aliphatic heterocycles. The molecule has 8 heteroatoms. The molecule has 1 heterocycles. The summed E-state index contributed by atoms with van der Waals surface area (Å²) >= 11 is 11.9. The first-order valence-electron chi connectivity index (χ1n) is 5.64. The Labute approximate surface area is 125 Å². The Balaban J connectivity index is 2.30. The van der Waals surface area contributed by atoms with Crippen molar-refractivity contribution in [3.05, 3.63) is 40.1 Å². The fraction of sp³-hybridized carbons (Fsp3) is 0.167. The number of nitrogens with zero attached hydrogens (tertiary/aromatic N) is 4. The lowest BCUT2D eigenvalue weighted by Gasteiger charge is -2.13. The second-order valence-electron chi connectivity index (χ2n) is 3.73. The molecule has 1 aromatic heterocycles. The Kier molecular flexibility index (Phi) is 4.56. The van der Waals surface area contributed by atoms with Crippen molar-refractivity contribution in [1.29, 1.82) is 5.26 Å². The summed E-state index contributed by atoms with van der Waals surface area (Å²) in [5.41, 5.74) is 0.638. The molecular weight excluding hydrogens is 299 g/mol. The van der Waals surface area contributed by atoms with Crippen LogP contribution in [-0.4, -0.2) is 22.0 Å². The second-order valence-corrected chi connectivity index (χ2v) is 4.47. The fourth-order valence-corrected chi connectivity index (χ4v) is 1.95. The number of benzene rings is 1. The minimum atomic E-state index is -0.688. The molecule has 20 heavy (non-hydrogen) atoms. The summed E-state index contributed by atoms with van der Waals surface area (Å²) in [5.74, 6) is 0.504. The van der Waals surface area contributed by atoms with Gasteiger partial charge in [0.05, 0.1) is 6.07 Å². The largest absolute Gasteiger partial charge is 0.357 e. The highest BCUT2D eigenvalue weighted by Crippen LogP contribution is 2.25. The van der Waals surface area contributed by atoms with Crippen LogP contribution in [0.4, 0.5) is 11.9 Å². The van der Waals surface area contributed by atoms with E-state index in [1.807, 2.05) is 0 Å². The van der Waals surface area contributed by atoms with Crippen molar-refractivity contribution >= 4 is 35.1 Å². The summed E-state index contributed by atoms with van der Waals surface area (Å²) in [7, 11) is 1.66. The predicted molar refractivity (Wildman–Crippen MR) is 77.8 cm³/mol. The van der Waals surface area contributed by atoms with Gasteiger partial charge in [0.1, 0.15) is 6.04 Å². The first-order chi connectivity index (χ1) is 9.63. The monoisotopic (exact) mass is 308 g/mol. The summed E-state index contributed by atoms with van der Waals surface area (Å²) in [6, 6.07) is 8.47. The third-order valence-corrected chi connectivity index (χ3v) is 2.96. The molecule has 0 aliphatic carbocycles. The lowest BCUT2D eigenvalue weighted by atomic mass is 10.1. The average molecular weight is 309 g/mol. The van der Waals surface area contributed by atoms with Gasteiger partial charge in [-0.1, -0.05) is 29.8 Å². The van der Waals surface area contributed by atoms with Crippen LogP contribution >= 0.6 is 23.2 Å². The molecular formula is C12H10Cl2N6. The van der Waals surface area contributed by atoms with Crippen LogP contribution in [0.1, 0.15) is 11.6 Å². The Morgan fingerprint density at radius 2 is 1.85 bits per heavy atom. The van der Waals surface area contributed by atoms with E-state index in [2.05, 4.69) is 31.7 Å². The number of hydrogen-bond donors (Lipinski definition) is 2. The van der Waals surface area contributed by atoms with Crippen LogP contribution in [0.2, 0.25) is 10.3 Å². The molecule has 2 rings (SSSR count). The minimum absolute atomic E-state index is 0.0303. The zero-order chi connectivity index (χ0) is 14.5. The van der Waals surface area contributed by atoms with Crippen molar-refractivity contribution in [3.8, 4) is 6.07 Å². The van der Waals surface area contributed by atoms with Gasteiger partial charge in [-0.2, -0.15) is 20.2 Å². The summed E-state index contributed by atoms with van der Waals surface area (Å²) in [6.45, 7) is 0. The van der Waals surface area contributed by atoms with E-state index in [1.165, 1.54) is 0 Å². The van der Waals surface area contributed by atoms with Gasteiger partial charge < -0.3 is 10.6 Å². The van der Waals surface area contributed by atoms with Crippen LogP contribution < -0.4 is 10.6 Å². The maximum atomic E-state index is 9.27. The summed E-state index contributed by atoms with van der Waals surface area (Å²) in [6.07, 6.45) is 0. The molecule has 0 saturated carbocycles. The van der Waals surface area contributed by atoms with Crippen LogP contribution in [0.25, 0.3) is 0 Å². The highest BCUT2D eigenvalue weighted by molar-refractivity contribution is 6.31. The number of rotatable bonds is 4. The van der Waals surface area contributed by atoms with Gasteiger partial charge in [0.25, 0.3) is 0 Å². The Hall–Kier alpha value is -2.10. The van der Waals surface area contributed by atoms with Gasteiger partial charge in [-0.05, 0) is 17.7 Å². The molecule has 0 spiro atoms. The smallest absolute Gasteiger partial charge is 0.230 e. The molecule has 2 aromatic rings. The van der Waals surface area contributed by atoms with E-state index < -0.39 is 6.04 Å². The van der Waals surface area contributed by atoms with Crippen molar-refractivity contribution in [2.24, 2.45) is 0 Å². The van der Waals surface area contributed by atoms with E-state index in [1.54, 1.807) is 31.3 Å². The molecule has 1 unspecified atom stereocenters. The third-order valence-electron chi connectivity index (χ3n) is 2.45. The quantitative estimate of drug-likeness (QED) is 0.903. The van der Waals surface area contributed by atoms with Gasteiger partial charge in [0, 0.05) is 17.6 Å². The number of hydrogen-bond acceptors (Lipinski definition) is 6. The first-order valence-corrected chi connectivity index (χ1v) is 6.39. The number of nitrogens with one attached hydrogen (secondary N) is 2. The summed E-state index contributed by atoms with van der Waals surface area (Å²) in [5, 5.41) is 15.4. The number of halogens is 2. The molecule has 0 amide bonds. The molecule has 6 nitrogen and oxygen atoms in total. The number of nitriles is 1. The Morgan fingerprint density at radius 1 is 1.15 bits per heavy atom. The molecule has 0 radical (unpaired) electrons. The Bertz CT molecular complexity index is 655. The lowest BCUT2D eigenvalue weighted by Crippen LogP contribution is -2.13. The maximum absolute atomic E-state index is 9.27. The molecule has 0 bridgehead atoms. The van der Waals surface area contributed by atoms with Crippen LogP contribution in [0.5, 0.6) is 0 Å². The van der Waals surface area contributed by atoms with Crippen molar-refractivity contribution in [2.75, 3.05) is 17.7 Å². The SMILES string of the molecule is CNc1nc(Cl)nc(NC(C#N)c2ccccc2Cl)n1. The normalized spacial score (nSPS) is 11.5. The third kappa shape index (κ3) is 3.26. The van der Waals surface area contributed by atoms with Crippen molar-refractivity contribution in [2.45, 2.75) is 6.04 Å². The van der Waals surface area contributed by atoms with E-state index in [-0.39, 0.29) is 11.2 Å². The molecule has 102 valence electrons. The molecule has 0 saturated heterocycles. The number of aromatic nitrogens is 3. The zero-order valence-electron chi connectivity index (χ0n) is 10.4. The zero-order valence-corrected chi connectivity index (χ0v) is 11.9. The topological polar surface area (TPSA) is 86.5 Å². The van der Waals surface area contributed by atoms with Crippen molar-refractivity contribution in [3.63, 3.8) is 0 Å². The van der Waals surface area contributed by atoms with Gasteiger partial charge in [-0.15, -0.1) is 0 Å². The second kappa shape index (κ2) is 6.37. The van der Waals surface area contributed by atoms with Crippen molar-refractivity contribution < 1.29 is 0 Å². The van der Waals surface area contributed by atoms with E-state index in [4.69, 9.17) is 23.2 Å². The van der Waals surface area contributed by atoms with Gasteiger partial charge in [-0.25, -0.2) is 0 Å². The molecule has 2 N–H and O–H groups in total. The molecule has 0 fully saturated rings. The minimum Gasteiger partial charge on any atom is -0.357 e. The predicted octanol–water partition coefficient (Wildman–Crippen LogP) is 2.90. The lowest BCUT2D eigenvalue weighted by molar-refractivity contribution is 0.938. The van der Waals surface area contributed by atoms with E-state index in [0.29, 0.717) is 16.5 Å². The van der Waals surface area contributed by atoms with Crippen LogP contribution in [0, 0.1) is 11.3 Å². The molecule has 1 atom stereocenters. The van der Waals surface area contributed by atoms with E-state index in [0.717, 1.165) is 0 Å². The molecule has 0 aliphatic rings.